The van der Waals surface area contributed by atoms with Gasteiger partial charge in [-0.3, -0.25) is 0 Å². The first-order valence-corrected chi connectivity index (χ1v) is 8.50. The lowest BCUT2D eigenvalue weighted by molar-refractivity contribution is -0.716. The van der Waals surface area contributed by atoms with Crippen molar-refractivity contribution >= 4 is 27.6 Å². The van der Waals surface area contributed by atoms with E-state index >= 15 is 0 Å². The Hall–Kier alpha value is -0.310. The number of carbonyl (C=O) groups excluding carboxylic acids is 1. The second-order valence-electron chi connectivity index (χ2n) is 4.21. The molecule has 6 nitrogen and oxygen atoms in total. The van der Waals surface area contributed by atoms with Crippen molar-refractivity contribution in [3.8, 4) is 0 Å². The number of aliphatic carboxylic acids is 1. The van der Waals surface area contributed by atoms with E-state index in [0.29, 0.717) is 12.2 Å². The molecule has 0 bridgehead atoms. The van der Waals surface area contributed by atoms with E-state index in [9.17, 15) is 23.4 Å². The Morgan fingerprint density at radius 3 is 2.65 bits per heavy atom. The molecule has 0 amide bonds. The third-order valence-corrected chi connectivity index (χ3v) is 5.17. The van der Waals surface area contributed by atoms with E-state index < -0.39 is 34.0 Å². The Kier molecular flexibility index (Phi) is 5.23. The van der Waals surface area contributed by atoms with Gasteiger partial charge in [-0.2, -0.15) is 11.8 Å². The number of rotatable bonds is 6. The molecule has 1 fully saturated rings. The number of carbonyl (C=O) groups is 1. The average molecular weight is 283 g/mol. The first-order valence-electron chi connectivity index (χ1n) is 5.29. The molecule has 0 radical (unpaired) electrons. The van der Waals surface area contributed by atoms with Crippen molar-refractivity contribution in [3.63, 3.8) is 0 Å². The maximum absolute atomic E-state index is 11.3. The molecule has 0 aromatic heterocycles. The van der Waals surface area contributed by atoms with Crippen LogP contribution >= 0.6 is 11.8 Å². The first kappa shape index (κ1) is 14.7. The van der Waals surface area contributed by atoms with Crippen LogP contribution in [0, 0.1) is 0 Å². The number of nitrogens with two attached hydrogens (primary N) is 1. The summed E-state index contributed by atoms with van der Waals surface area (Å²) in [4.78, 5) is 10.9. The van der Waals surface area contributed by atoms with Crippen molar-refractivity contribution in [2.24, 2.45) is 0 Å². The molecule has 17 heavy (non-hydrogen) atoms. The summed E-state index contributed by atoms with van der Waals surface area (Å²) in [6.07, 6.45) is 1.27. The standard InChI is InChI=1S/C9H17NO5S2/c1-16-3-2-6(9(12)13)10-7-4-17(14,15)5-8(7)11/h6-8,10-11H,2-5H2,1H3,(H,12,13)/t6-,7+,8+/m0/s1. The smallest absolute Gasteiger partial charge is 0.159 e. The SMILES string of the molecule is CSCC[C@H]([NH2+][C@@H]1CS(=O)(=O)C[C@H]1O)C(=O)[O-]. The Bertz CT molecular complexity index is 370. The van der Waals surface area contributed by atoms with Gasteiger partial charge >= 0.3 is 0 Å². The number of aliphatic hydroxyl groups is 1. The lowest BCUT2D eigenvalue weighted by Crippen LogP contribution is -2.99. The molecule has 8 heteroatoms. The van der Waals surface area contributed by atoms with Gasteiger partial charge in [-0.15, -0.1) is 0 Å². The van der Waals surface area contributed by atoms with Gasteiger partial charge in [-0.05, 0) is 12.0 Å². The molecule has 0 aromatic carbocycles. The minimum Gasteiger partial charge on any atom is -0.544 e. The van der Waals surface area contributed by atoms with Crippen molar-refractivity contribution in [2.75, 3.05) is 23.5 Å². The minimum atomic E-state index is -3.24. The van der Waals surface area contributed by atoms with E-state index in [0.717, 1.165) is 0 Å². The van der Waals surface area contributed by atoms with Crippen molar-refractivity contribution in [2.45, 2.75) is 24.6 Å². The van der Waals surface area contributed by atoms with E-state index in [4.69, 9.17) is 0 Å². The summed E-state index contributed by atoms with van der Waals surface area (Å²) in [6, 6.07) is -1.39. The zero-order chi connectivity index (χ0) is 13.1. The van der Waals surface area contributed by atoms with Crippen LogP contribution < -0.4 is 10.4 Å². The van der Waals surface area contributed by atoms with Gasteiger partial charge in [0.1, 0.15) is 23.9 Å². The predicted molar refractivity (Wildman–Crippen MR) is 62.2 cm³/mol. The fraction of sp³-hybridized carbons (Fsp3) is 0.889. The monoisotopic (exact) mass is 283 g/mol. The summed E-state index contributed by atoms with van der Waals surface area (Å²) in [6.45, 7) is 0. The molecule has 1 rings (SSSR count). The summed E-state index contributed by atoms with van der Waals surface area (Å²) in [5.74, 6) is -1.01. The van der Waals surface area contributed by atoms with Gasteiger partial charge in [0, 0.05) is 6.42 Å². The number of sulfone groups is 1. The number of hydrogen-bond donors (Lipinski definition) is 2. The van der Waals surface area contributed by atoms with Crippen molar-refractivity contribution in [1.29, 1.82) is 0 Å². The van der Waals surface area contributed by atoms with Gasteiger partial charge in [0.2, 0.25) is 0 Å². The molecular formula is C9H17NO5S2. The highest BCUT2D eigenvalue weighted by atomic mass is 32.2. The lowest BCUT2D eigenvalue weighted by atomic mass is 10.1. The van der Waals surface area contributed by atoms with Crippen LogP contribution in [0.15, 0.2) is 0 Å². The molecule has 3 N–H and O–H groups in total. The number of quaternary nitrogens is 1. The van der Waals surface area contributed by atoms with Crippen LogP contribution in [-0.4, -0.2) is 61.2 Å². The Balaban J connectivity index is 2.58. The Morgan fingerprint density at radius 1 is 1.59 bits per heavy atom. The third-order valence-electron chi connectivity index (χ3n) is 2.78. The lowest BCUT2D eigenvalue weighted by Gasteiger charge is -2.21. The molecule has 0 aliphatic carbocycles. The van der Waals surface area contributed by atoms with E-state index in [1.807, 2.05) is 6.26 Å². The van der Waals surface area contributed by atoms with E-state index in [1.165, 1.54) is 17.1 Å². The van der Waals surface area contributed by atoms with Gasteiger partial charge in [0.05, 0.1) is 11.7 Å². The van der Waals surface area contributed by atoms with E-state index in [-0.39, 0.29) is 11.5 Å². The molecule has 1 heterocycles. The van der Waals surface area contributed by atoms with Crippen LogP contribution in [0.5, 0.6) is 0 Å². The zero-order valence-electron chi connectivity index (χ0n) is 9.53. The second-order valence-corrected chi connectivity index (χ2v) is 7.35. The highest BCUT2D eigenvalue weighted by Crippen LogP contribution is 2.10. The van der Waals surface area contributed by atoms with Crippen LogP contribution in [0.4, 0.5) is 0 Å². The molecule has 1 aliphatic heterocycles. The highest BCUT2D eigenvalue weighted by Gasteiger charge is 2.40. The van der Waals surface area contributed by atoms with E-state index in [2.05, 4.69) is 0 Å². The number of aliphatic hydroxyl groups excluding tert-OH is 1. The van der Waals surface area contributed by atoms with Gasteiger partial charge in [0.25, 0.3) is 0 Å². The molecule has 1 aliphatic rings. The molecule has 0 saturated carbocycles. The van der Waals surface area contributed by atoms with Gasteiger partial charge in [-0.1, -0.05) is 0 Å². The van der Waals surface area contributed by atoms with Crippen molar-refractivity contribution in [3.05, 3.63) is 0 Å². The van der Waals surface area contributed by atoms with Gasteiger partial charge in [0.15, 0.2) is 9.84 Å². The molecule has 0 unspecified atom stereocenters. The molecular weight excluding hydrogens is 266 g/mol. The van der Waals surface area contributed by atoms with Crippen LogP contribution in [0.25, 0.3) is 0 Å². The molecule has 100 valence electrons. The third kappa shape index (κ3) is 4.46. The van der Waals surface area contributed by atoms with Crippen LogP contribution in [-0.2, 0) is 14.6 Å². The van der Waals surface area contributed by atoms with Crippen LogP contribution in [0.1, 0.15) is 6.42 Å². The second kappa shape index (κ2) is 6.03. The van der Waals surface area contributed by atoms with E-state index in [1.54, 1.807) is 0 Å². The average Bonchev–Trinajstić information content (AvgIpc) is 2.46. The fourth-order valence-corrected chi connectivity index (χ4v) is 4.19. The summed E-state index contributed by atoms with van der Waals surface area (Å²) < 4.78 is 22.5. The number of carboxylic acids is 1. The zero-order valence-corrected chi connectivity index (χ0v) is 11.2. The number of hydrogen-bond acceptors (Lipinski definition) is 6. The highest BCUT2D eigenvalue weighted by molar-refractivity contribution is 7.98. The Labute approximate surface area is 105 Å². The summed E-state index contributed by atoms with van der Waals surface area (Å²) >= 11 is 1.51. The maximum Gasteiger partial charge on any atom is 0.159 e. The molecule has 1 saturated heterocycles. The quantitative estimate of drug-likeness (QED) is 0.525. The van der Waals surface area contributed by atoms with Crippen molar-refractivity contribution < 1.29 is 28.7 Å². The normalized spacial score (nSPS) is 29.1. The summed E-state index contributed by atoms with van der Waals surface area (Å²) in [5, 5.41) is 21.8. The fourth-order valence-electron chi connectivity index (χ4n) is 1.88. The Morgan fingerprint density at radius 2 is 2.24 bits per heavy atom. The topological polar surface area (TPSA) is 111 Å². The molecule has 0 aromatic rings. The molecule has 0 spiro atoms. The number of thioether (sulfide) groups is 1. The van der Waals surface area contributed by atoms with Gasteiger partial charge < -0.3 is 20.3 Å². The minimum absolute atomic E-state index is 0.169. The van der Waals surface area contributed by atoms with Crippen LogP contribution in [0.2, 0.25) is 0 Å². The van der Waals surface area contributed by atoms with Gasteiger partial charge in [-0.25, -0.2) is 8.42 Å². The first-order chi connectivity index (χ1) is 7.85. The molecule has 3 atom stereocenters. The summed E-state index contributed by atoms with van der Waals surface area (Å²) in [7, 11) is -3.24. The largest absolute Gasteiger partial charge is 0.544 e. The summed E-state index contributed by atoms with van der Waals surface area (Å²) in [5.41, 5.74) is 0. The van der Waals surface area contributed by atoms with Crippen LogP contribution in [0.3, 0.4) is 0 Å². The predicted octanol–water partition coefficient (Wildman–Crippen LogP) is -3.42. The number of carboxylic acid groups (broad SMARTS) is 1. The van der Waals surface area contributed by atoms with Crippen molar-refractivity contribution in [1.82, 2.24) is 0 Å². The maximum atomic E-state index is 11.3.